The fourth-order valence-electron chi connectivity index (χ4n) is 3.20. The summed E-state index contributed by atoms with van der Waals surface area (Å²) in [5.74, 6) is 0.574. The molecule has 0 spiro atoms. The van der Waals surface area contributed by atoms with Crippen molar-refractivity contribution in [2.45, 2.75) is 45.6 Å². The summed E-state index contributed by atoms with van der Waals surface area (Å²) in [6.07, 6.45) is 3.70. The highest BCUT2D eigenvalue weighted by Gasteiger charge is 2.23. The minimum atomic E-state index is -0.146. The Hall–Kier alpha value is -1.59. The molecule has 0 saturated carbocycles. The molecule has 2 rings (SSSR count). The molecular weight excluding hydrogens is 316 g/mol. The van der Waals surface area contributed by atoms with E-state index in [1.807, 2.05) is 32.0 Å². The van der Waals surface area contributed by atoms with Crippen LogP contribution in [0, 0.1) is 11.3 Å². The van der Waals surface area contributed by atoms with E-state index < -0.39 is 0 Å². The van der Waals surface area contributed by atoms with Gasteiger partial charge in [0.05, 0.1) is 6.04 Å². The van der Waals surface area contributed by atoms with Crippen molar-refractivity contribution in [3.63, 3.8) is 0 Å². The second-order valence-corrected chi connectivity index (χ2v) is 7.72. The number of carbonyl (C=O) groups excluding carboxylic acids is 1. The van der Waals surface area contributed by atoms with Crippen molar-refractivity contribution in [2.75, 3.05) is 26.4 Å². The van der Waals surface area contributed by atoms with E-state index in [4.69, 9.17) is 9.84 Å². The number of hydrogen-bond donors (Lipinski definition) is 3. The van der Waals surface area contributed by atoms with Gasteiger partial charge in [-0.3, -0.25) is 0 Å². The lowest BCUT2D eigenvalue weighted by atomic mass is 9.89. The van der Waals surface area contributed by atoms with Crippen LogP contribution in [-0.4, -0.2) is 37.5 Å². The van der Waals surface area contributed by atoms with Gasteiger partial charge in [0.1, 0.15) is 0 Å². The Morgan fingerprint density at radius 3 is 2.60 bits per heavy atom. The predicted octanol–water partition coefficient (Wildman–Crippen LogP) is 3.25. The third kappa shape index (κ3) is 7.04. The number of carbonyl (C=O) groups is 1. The fraction of sp³-hybridized carbons (Fsp3) is 0.650. The van der Waals surface area contributed by atoms with Crippen LogP contribution in [0.2, 0.25) is 0 Å². The lowest BCUT2D eigenvalue weighted by molar-refractivity contribution is 0.0608. The van der Waals surface area contributed by atoms with Crippen molar-refractivity contribution >= 4 is 6.03 Å². The Labute approximate surface area is 151 Å². The van der Waals surface area contributed by atoms with Gasteiger partial charge in [0.25, 0.3) is 0 Å². The SMILES string of the molecule is CC(C)(CCO)CNC(=O)NC(CC1CCOCC1)c1ccccc1. The van der Waals surface area contributed by atoms with Gasteiger partial charge >= 0.3 is 6.03 Å². The van der Waals surface area contributed by atoms with Crippen LogP contribution in [0.25, 0.3) is 0 Å². The van der Waals surface area contributed by atoms with Crippen molar-refractivity contribution in [1.29, 1.82) is 0 Å². The van der Waals surface area contributed by atoms with Crippen LogP contribution in [0.4, 0.5) is 4.79 Å². The van der Waals surface area contributed by atoms with Crippen molar-refractivity contribution in [3.05, 3.63) is 35.9 Å². The van der Waals surface area contributed by atoms with E-state index >= 15 is 0 Å². The molecule has 1 atom stereocenters. The average Bonchev–Trinajstić information content (AvgIpc) is 2.61. The monoisotopic (exact) mass is 348 g/mol. The van der Waals surface area contributed by atoms with Gasteiger partial charge in [0, 0.05) is 26.4 Å². The average molecular weight is 348 g/mol. The molecule has 5 nitrogen and oxygen atoms in total. The van der Waals surface area contributed by atoms with Crippen LogP contribution in [0.3, 0.4) is 0 Å². The molecule has 1 heterocycles. The van der Waals surface area contributed by atoms with Crippen LogP contribution in [0.1, 0.15) is 51.1 Å². The molecule has 5 heteroatoms. The zero-order valence-corrected chi connectivity index (χ0v) is 15.5. The number of ether oxygens (including phenoxy) is 1. The number of benzene rings is 1. The van der Waals surface area contributed by atoms with Crippen LogP contribution in [-0.2, 0) is 4.74 Å². The van der Waals surface area contributed by atoms with Crippen LogP contribution in [0.15, 0.2) is 30.3 Å². The molecule has 0 bridgehead atoms. The summed E-state index contributed by atoms with van der Waals surface area (Å²) in [4.78, 5) is 12.4. The van der Waals surface area contributed by atoms with E-state index in [0.717, 1.165) is 38.0 Å². The first-order valence-electron chi connectivity index (χ1n) is 9.28. The second-order valence-electron chi connectivity index (χ2n) is 7.72. The third-order valence-corrected chi connectivity index (χ3v) is 4.93. The van der Waals surface area contributed by atoms with Crippen molar-refractivity contribution in [2.24, 2.45) is 11.3 Å². The summed E-state index contributed by atoms with van der Waals surface area (Å²) < 4.78 is 5.45. The Morgan fingerprint density at radius 1 is 1.28 bits per heavy atom. The number of rotatable bonds is 8. The maximum Gasteiger partial charge on any atom is 0.315 e. The number of urea groups is 1. The maximum atomic E-state index is 12.4. The summed E-state index contributed by atoms with van der Waals surface area (Å²) in [6.45, 7) is 6.38. The molecule has 1 saturated heterocycles. The molecule has 140 valence electrons. The number of aliphatic hydroxyl groups is 1. The summed E-state index contributed by atoms with van der Waals surface area (Å²) >= 11 is 0. The van der Waals surface area contributed by atoms with E-state index in [1.165, 1.54) is 0 Å². The second kappa shape index (κ2) is 9.78. The van der Waals surface area contributed by atoms with E-state index in [9.17, 15) is 4.79 Å². The molecule has 25 heavy (non-hydrogen) atoms. The zero-order valence-electron chi connectivity index (χ0n) is 15.5. The van der Waals surface area contributed by atoms with Crippen molar-refractivity contribution < 1.29 is 14.6 Å². The summed E-state index contributed by atoms with van der Waals surface area (Å²) in [5.41, 5.74) is 1.02. The normalized spacial score (nSPS) is 17.1. The standard InChI is InChI=1S/C20H32N2O3/c1-20(2,10-11-23)15-21-19(24)22-18(17-6-4-3-5-7-17)14-16-8-12-25-13-9-16/h3-7,16,18,23H,8-15H2,1-2H3,(H2,21,22,24). The summed E-state index contributed by atoms with van der Waals surface area (Å²) in [6, 6.07) is 10.0. The van der Waals surface area contributed by atoms with Crippen LogP contribution >= 0.6 is 0 Å². The van der Waals surface area contributed by atoms with Gasteiger partial charge in [-0.25, -0.2) is 4.79 Å². The van der Waals surface area contributed by atoms with Gasteiger partial charge in [-0.1, -0.05) is 44.2 Å². The molecule has 1 aliphatic heterocycles. The fourth-order valence-corrected chi connectivity index (χ4v) is 3.20. The molecule has 1 aliphatic rings. The molecular formula is C20H32N2O3. The first kappa shape index (κ1) is 19.7. The Kier molecular flexibility index (Phi) is 7.72. The number of aliphatic hydroxyl groups excluding tert-OH is 1. The highest BCUT2D eigenvalue weighted by Crippen LogP contribution is 2.27. The highest BCUT2D eigenvalue weighted by molar-refractivity contribution is 5.74. The third-order valence-electron chi connectivity index (χ3n) is 4.93. The van der Waals surface area contributed by atoms with Gasteiger partial charge in [-0.05, 0) is 42.6 Å². The number of amides is 2. The van der Waals surface area contributed by atoms with Gasteiger partial charge in [-0.2, -0.15) is 0 Å². The number of nitrogens with one attached hydrogen (secondary N) is 2. The summed E-state index contributed by atoms with van der Waals surface area (Å²) in [5, 5.41) is 15.2. The van der Waals surface area contributed by atoms with Crippen molar-refractivity contribution in [3.8, 4) is 0 Å². The molecule has 0 radical (unpaired) electrons. The Bertz CT molecular complexity index is 513. The van der Waals surface area contributed by atoms with Gasteiger partial charge in [0.15, 0.2) is 0 Å². The highest BCUT2D eigenvalue weighted by atomic mass is 16.5. The van der Waals surface area contributed by atoms with Crippen molar-refractivity contribution in [1.82, 2.24) is 10.6 Å². The van der Waals surface area contributed by atoms with Crippen LogP contribution < -0.4 is 10.6 Å². The summed E-state index contributed by atoms with van der Waals surface area (Å²) in [7, 11) is 0. The minimum absolute atomic E-state index is 0.00486. The van der Waals surface area contributed by atoms with E-state index in [2.05, 4.69) is 22.8 Å². The quantitative estimate of drug-likeness (QED) is 0.675. The maximum absolute atomic E-state index is 12.4. The van der Waals surface area contributed by atoms with E-state index in [1.54, 1.807) is 0 Å². The smallest absolute Gasteiger partial charge is 0.315 e. The topological polar surface area (TPSA) is 70.6 Å². The predicted molar refractivity (Wildman–Crippen MR) is 99.4 cm³/mol. The first-order valence-corrected chi connectivity index (χ1v) is 9.28. The molecule has 1 aromatic carbocycles. The first-order chi connectivity index (χ1) is 12.0. The minimum Gasteiger partial charge on any atom is -0.396 e. The zero-order chi connectivity index (χ0) is 18.1. The van der Waals surface area contributed by atoms with Gasteiger partial charge < -0.3 is 20.5 Å². The lowest BCUT2D eigenvalue weighted by Crippen LogP contribution is -2.43. The number of hydrogen-bond acceptors (Lipinski definition) is 3. The Balaban J connectivity index is 1.94. The lowest BCUT2D eigenvalue weighted by Gasteiger charge is -2.29. The molecule has 0 aromatic heterocycles. The molecule has 1 aromatic rings. The largest absolute Gasteiger partial charge is 0.396 e. The molecule has 1 unspecified atom stereocenters. The van der Waals surface area contributed by atoms with E-state index in [-0.39, 0.29) is 24.1 Å². The Morgan fingerprint density at radius 2 is 1.96 bits per heavy atom. The van der Waals surface area contributed by atoms with E-state index in [0.29, 0.717) is 18.9 Å². The molecule has 0 aliphatic carbocycles. The molecule has 1 fully saturated rings. The van der Waals surface area contributed by atoms with Gasteiger partial charge in [-0.15, -0.1) is 0 Å². The van der Waals surface area contributed by atoms with Gasteiger partial charge in [0.2, 0.25) is 0 Å². The molecule has 3 N–H and O–H groups in total. The molecule has 2 amide bonds. The van der Waals surface area contributed by atoms with Crippen LogP contribution in [0.5, 0.6) is 0 Å².